The highest BCUT2D eigenvalue weighted by Crippen LogP contribution is 2.30. The summed E-state index contributed by atoms with van der Waals surface area (Å²) >= 11 is 0. The highest BCUT2D eigenvalue weighted by Gasteiger charge is 2.33. The van der Waals surface area contributed by atoms with Crippen LogP contribution in [0.25, 0.3) is 5.70 Å². The van der Waals surface area contributed by atoms with Crippen LogP contribution in [-0.2, 0) is 4.79 Å². The van der Waals surface area contributed by atoms with Gasteiger partial charge >= 0.3 is 0 Å². The lowest BCUT2D eigenvalue weighted by Gasteiger charge is -2.27. The normalized spacial score (nSPS) is 15.4. The summed E-state index contributed by atoms with van der Waals surface area (Å²) in [5.74, 6) is -0.847. The zero-order valence-electron chi connectivity index (χ0n) is 14.7. The molecule has 0 spiro atoms. The third-order valence-corrected chi connectivity index (χ3v) is 4.36. The number of nitrogens with zero attached hydrogens (tertiary/aromatic N) is 1. The summed E-state index contributed by atoms with van der Waals surface area (Å²) in [5, 5.41) is 3.48. The predicted molar refractivity (Wildman–Crippen MR) is 99.2 cm³/mol. The smallest absolute Gasteiger partial charge is 0.233 e. The first-order valence-corrected chi connectivity index (χ1v) is 8.37. The standard InChI is InChI=1S/C21H22N2O2/c1-14(15-9-5-4-6-10-15)22-19-16-11-7-8-12-17(16)20(24)21(25)18(19)13-23(2)3/h4-12,14,22H,13H2,1-3H3. The summed E-state index contributed by atoms with van der Waals surface area (Å²) in [6, 6.07) is 17.4. The summed E-state index contributed by atoms with van der Waals surface area (Å²) in [6.45, 7) is 2.47. The lowest BCUT2D eigenvalue weighted by molar-refractivity contribution is -0.112. The lowest BCUT2D eigenvalue weighted by Crippen LogP contribution is -2.34. The van der Waals surface area contributed by atoms with E-state index in [1.54, 1.807) is 12.1 Å². The Balaban J connectivity index is 2.08. The second kappa shape index (κ2) is 7.03. The average molecular weight is 334 g/mol. The maximum absolute atomic E-state index is 12.7. The monoisotopic (exact) mass is 334 g/mol. The van der Waals surface area contributed by atoms with Gasteiger partial charge in [0.2, 0.25) is 11.6 Å². The molecular formula is C21H22N2O2. The molecule has 1 unspecified atom stereocenters. The van der Waals surface area contributed by atoms with Gasteiger partial charge in [-0.2, -0.15) is 0 Å². The van der Waals surface area contributed by atoms with Gasteiger partial charge in [-0.3, -0.25) is 9.59 Å². The number of hydrogen-bond donors (Lipinski definition) is 1. The number of hydrogen-bond acceptors (Lipinski definition) is 4. The zero-order chi connectivity index (χ0) is 18.0. The van der Waals surface area contributed by atoms with Crippen LogP contribution < -0.4 is 5.32 Å². The molecule has 1 aliphatic carbocycles. The number of benzene rings is 2. The van der Waals surface area contributed by atoms with Gasteiger partial charge in [0, 0.05) is 29.3 Å². The molecule has 0 heterocycles. The summed E-state index contributed by atoms with van der Waals surface area (Å²) in [6.07, 6.45) is 0. The maximum Gasteiger partial charge on any atom is 0.233 e. The van der Waals surface area contributed by atoms with Gasteiger partial charge in [-0.1, -0.05) is 54.6 Å². The highest BCUT2D eigenvalue weighted by atomic mass is 16.2. The number of fused-ring (bicyclic) bond motifs is 1. The van der Waals surface area contributed by atoms with E-state index in [0.29, 0.717) is 17.7 Å². The molecule has 25 heavy (non-hydrogen) atoms. The van der Waals surface area contributed by atoms with Crippen molar-refractivity contribution in [1.82, 2.24) is 10.2 Å². The van der Waals surface area contributed by atoms with E-state index in [9.17, 15) is 9.59 Å². The van der Waals surface area contributed by atoms with Gasteiger partial charge in [0.1, 0.15) is 0 Å². The van der Waals surface area contributed by atoms with E-state index in [1.165, 1.54) is 0 Å². The third kappa shape index (κ3) is 3.39. The maximum atomic E-state index is 12.7. The van der Waals surface area contributed by atoms with Crippen molar-refractivity contribution in [3.63, 3.8) is 0 Å². The van der Waals surface area contributed by atoms with E-state index >= 15 is 0 Å². The molecule has 0 amide bonds. The molecule has 2 aromatic rings. The van der Waals surface area contributed by atoms with Crippen molar-refractivity contribution < 1.29 is 9.59 Å². The average Bonchev–Trinajstić information content (AvgIpc) is 2.63. The minimum Gasteiger partial charge on any atom is -0.378 e. The van der Waals surface area contributed by atoms with Crippen LogP contribution in [0.3, 0.4) is 0 Å². The first-order valence-electron chi connectivity index (χ1n) is 8.37. The highest BCUT2D eigenvalue weighted by molar-refractivity contribution is 6.52. The van der Waals surface area contributed by atoms with Crippen LogP contribution in [0, 0.1) is 0 Å². The van der Waals surface area contributed by atoms with Crippen molar-refractivity contribution in [2.45, 2.75) is 13.0 Å². The van der Waals surface area contributed by atoms with Crippen LogP contribution in [0.1, 0.15) is 34.5 Å². The molecule has 3 rings (SSSR count). The number of Topliss-reactive ketones (excluding diaryl/α,β-unsaturated/α-hetero) is 2. The Morgan fingerprint density at radius 3 is 2.12 bits per heavy atom. The molecular weight excluding hydrogens is 312 g/mol. The Morgan fingerprint density at radius 2 is 1.48 bits per heavy atom. The Labute approximate surface area is 148 Å². The number of likely N-dealkylation sites (N-methyl/N-ethyl adjacent to an activating group) is 1. The molecule has 0 saturated heterocycles. The first-order chi connectivity index (χ1) is 12.0. The van der Waals surface area contributed by atoms with Crippen LogP contribution in [0.2, 0.25) is 0 Å². The fourth-order valence-corrected chi connectivity index (χ4v) is 3.11. The van der Waals surface area contributed by atoms with Crippen molar-refractivity contribution in [3.05, 3.63) is 76.9 Å². The van der Waals surface area contributed by atoms with Gasteiger partial charge in [-0.25, -0.2) is 0 Å². The molecule has 0 fully saturated rings. The minimum atomic E-state index is -0.426. The fraction of sp³-hybridized carbons (Fsp3) is 0.238. The molecule has 0 saturated carbocycles. The van der Waals surface area contributed by atoms with Crippen LogP contribution in [0.4, 0.5) is 0 Å². The molecule has 4 heteroatoms. The van der Waals surface area contributed by atoms with Gasteiger partial charge in [-0.15, -0.1) is 0 Å². The van der Waals surface area contributed by atoms with Gasteiger partial charge in [0.15, 0.2) is 0 Å². The Bertz CT molecular complexity index is 838. The summed E-state index contributed by atoms with van der Waals surface area (Å²) < 4.78 is 0. The van der Waals surface area contributed by atoms with Crippen molar-refractivity contribution in [2.75, 3.05) is 20.6 Å². The fourth-order valence-electron chi connectivity index (χ4n) is 3.11. The molecule has 1 aliphatic rings. The minimum absolute atomic E-state index is 0.0161. The molecule has 1 atom stereocenters. The molecule has 0 aromatic heterocycles. The predicted octanol–water partition coefficient (Wildman–Crippen LogP) is 3.08. The Hall–Kier alpha value is -2.72. The van der Waals surface area contributed by atoms with Gasteiger partial charge < -0.3 is 10.2 Å². The molecule has 1 N–H and O–H groups in total. The second-order valence-electron chi connectivity index (χ2n) is 6.57. The van der Waals surface area contributed by atoms with Gasteiger partial charge in [0.25, 0.3) is 0 Å². The zero-order valence-corrected chi connectivity index (χ0v) is 14.7. The topological polar surface area (TPSA) is 49.4 Å². The van der Waals surface area contributed by atoms with E-state index in [0.717, 1.165) is 16.8 Å². The molecule has 0 aliphatic heterocycles. The molecule has 0 radical (unpaired) electrons. The van der Waals surface area contributed by atoms with Crippen molar-refractivity contribution in [3.8, 4) is 0 Å². The van der Waals surface area contributed by atoms with Crippen molar-refractivity contribution in [1.29, 1.82) is 0 Å². The van der Waals surface area contributed by atoms with E-state index in [4.69, 9.17) is 0 Å². The molecule has 0 bridgehead atoms. The Morgan fingerprint density at radius 1 is 0.880 bits per heavy atom. The van der Waals surface area contributed by atoms with Crippen LogP contribution in [0.15, 0.2) is 60.2 Å². The van der Waals surface area contributed by atoms with Crippen molar-refractivity contribution >= 4 is 17.3 Å². The van der Waals surface area contributed by atoms with Crippen molar-refractivity contribution in [2.24, 2.45) is 0 Å². The molecule has 2 aromatic carbocycles. The molecule has 4 nitrogen and oxygen atoms in total. The summed E-state index contributed by atoms with van der Waals surface area (Å²) in [7, 11) is 3.78. The Kier molecular flexibility index (Phi) is 4.81. The summed E-state index contributed by atoms with van der Waals surface area (Å²) in [5.41, 5.74) is 3.67. The number of nitrogens with one attached hydrogen (secondary N) is 1. The van der Waals surface area contributed by atoms with Crippen LogP contribution in [-0.4, -0.2) is 37.1 Å². The van der Waals surface area contributed by atoms with E-state index in [2.05, 4.69) is 12.2 Å². The van der Waals surface area contributed by atoms with E-state index in [1.807, 2.05) is 61.5 Å². The number of ketones is 2. The first kappa shape index (κ1) is 17.1. The lowest BCUT2D eigenvalue weighted by atomic mass is 9.86. The molecule has 128 valence electrons. The second-order valence-corrected chi connectivity index (χ2v) is 6.57. The SMILES string of the molecule is CC(NC1=C(CN(C)C)C(=O)C(=O)c2ccccc21)c1ccccc1. The van der Waals surface area contributed by atoms with E-state index in [-0.39, 0.29) is 6.04 Å². The van der Waals surface area contributed by atoms with Gasteiger partial charge in [-0.05, 0) is 26.6 Å². The van der Waals surface area contributed by atoms with Crippen LogP contribution in [0.5, 0.6) is 0 Å². The summed E-state index contributed by atoms with van der Waals surface area (Å²) in [4.78, 5) is 27.1. The van der Waals surface area contributed by atoms with Crippen LogP contribution >= 0.6 is 0 Å². The largest absolute Gasteiger partial charge is 0.378 e. The number of carbonyl (C=O) groups excluding carboxylic acids is 2. The quantitative estimate of drug-likeness (QED) is 0.854. The third-order valence-electron chi connectivity index (χ3n) is 4.36. The van der Waals surface area contributed by atoms with Gasteiger partial charge in [0.05, 0.1) is 5.70 Å². The van der Waals surface area contributed by atoms with E-state index < -0.39 is 11.6 Å². The number of rotatable bonds is 5. The number of carbonyl (C=O) groups is 2.